The highest BCUT2D eigenvalue weighted by Crippen LogP contribution is 2.28. The van der Waals surface area contributed by atoms with Crippen molar-refractivity contribution in [2.75, 3.05) is 36.9 Å². The number of amides is 2. The Morgan fingerprint density at radius 3 is 2.51 bits per heavy atom. The van der Waals surface area contributed by atoms with Crippen LogP contribution in [0.4, 0.5) is 11.5 Å². The van der Waals surface area contributed by atoms with E-state index in [4.69, 9.17) is 11.6 Å². The Labute approximate surface area is 245 Å². The number of carbonyl (C=O) groups excluding carboxylic acids is 2. The maximum atomic E-state index is 13.3. The molecule has 1 fully saturated rings. The summed E-state index contributed by atoms with van der Waals surface area (Å²) in [5.41, 5.74) is 2.33. The van der Waals surface area contributed by atoms with Gasteiger partial charge in [-0.3, -0.25) is 14.6 Å². The number of aromatic nitrogens is 3. The standard InChI is InChI=1S/C30H35ClN8O2/c1-20-18-26(34-19-37(20)3)39-28(35-29(40)24-6-4-5-7-25(24)31)21(2)27(36-39)30(41)33-15-8-22-11-16-38(17-12-22)23-9-13-32-14-10-23/h4-7,9-10,13-14,18-20,22H,8,11-12,15-17H2,1-3H3,(H,33,41)(H,35,40). The van der Waals surface area contributed by atoms with Gasteiger partial charge in [-0.05, 0) is 69.4 Å². The molecule has 1 saturated heterocycles. The summed E-state index contributed by atoms with van der Waals surface area (Å²) in [6.07, 6.45) is 10.3. The van der Waals surface area contributed by atoms with Crippen LogP contribution in [0.1, 0.15) is 52.6 Å². The quantitative estimate of drug-likeness (QED) is 0.404. The van der Waals surface area contributed by atoms with Gasteiger partial charge in [0.2, 0.25) is 0 Å². The first kappa shape index (κ1) is 28.4. The molecule has 11 heteroatoms. The van der Waals surface area contributed by atoms with Crippen LogP contribution in [0.15, 0.2) is 59.9 Å². The van der Waals surface area contributed by atoms with Crippen molar-refractivity contribution in [1.29, 1.82) is 0 Å². The van der Waals surface area contributed by atoms with E-state index in [2.05, 4.69) is 30.6 Å². The third-order valence-electron chi connectivity index (χ3n) is 7.79. The molecule has 0 bridgehead atoms. The van der Waals surface area contributed by atoms with Crippen LogP contribution in [0.25, 0.3) is 5.82 Å². The zero-order chi connectivity index (χ0) is 28.9. The minimum Gasteiger partial charge on any atom is -0.371 e. The summed E-state index contributed by atoms with van der Waals surface area (Å²) in [5.74, 6) is 0.763. The highest BCUT2D eigenvalue weighted by molar-refractivity contribution is 6.34. The predicted molar refractivity (Wildman–Crippen MR) is 162 cm³/mol. The maximum absolute atomic E-state index is 13.3. The van der Waals surface area contributed by atoms with Crippen molar-refractivity contribution < 1.29 is 9.59 Å². The number of rotatable bonds is 8. The molecule has 0 saturated carbocycles. The highest BCUT2D eigenvalue weighted by Gasteiger charge is 2.26. The SMILES string of the molecule is Cc1c(C(=O)NCCC2CCN(c3ccncc3)CC2)nn(C2=CC(C)N(C)C=N2)c1NC(=O)c1ccccc1Cl. The van der Waals surface area contributed by atoms with E-state index in [9.17, 15) is 9.59 Å². The van der Waals surface area contributed by atoms with Crippen LogP contribution in [0, 0.1) is 12.8 Å². The fourth-order valence-corrected chi connectivity index (χ4v) is 5.33. The molecule has 3 aromatic rings. The average Bonchev–Trinajstić information content (AvgIpc) is 3.31. The zero-order valence-corrected chi connectivity index (χ0v) is 24.3. The van der Waals surface area contributed by atoms with Gasteiger partial charge in [-0.2, -0.15) is 9.78 Å². The van der Waals surface area contributed by atoms with Crippen molar-refractivity contribution in [3.05, 3.63) is 76.7 Å². The fraction of sp³-hybridized carbons (Fsp3) is 0.367. The smallest absolute Gasteiger partial charge is 0.272 e. The highest BCUT2D eigenvalue weighted by atomic mass is 35.5. The number of nitrogens with zero attached hydrogens (tertiary/aromatic N) is 6. The minimum atomic E-state index is -0.393. The zero-order valence-electron chi connectivity index (χ0n) is 23.5. The number of likely N-dealkylation sites (N-methyl/N-ethyl adjacent to an activating group) is 1. The van der Waals surface area contributed by atoms with Crippen LogP contribution in [0.2, 0.25) is 5.02 Å². The maximum Gasteiger partial charge on any atom is 0.272 e. The summed E-state index contributed by atoms with van der Waals surface area (Å²) >= 11 is 6.27. The lowest BCUT2D eigenvalue weighted by atomic mass is 9.93. The predicted octanol–water partition coefficient (Wildman–Crippen LogP) is 4.69. The van der Waals surface area contributed by atoms with Crippen molar-refractivity contribution in [3.8, 4) is 0 Å². The molecule has 2 aliphatic heterocycles. The fourth-order valence-electron chi connectivity index (χ4n) is 5.11. The van der Waals surface area contributed by atoms with Crippen molar-refractivity contribution in [1.82, 2.24) is 25.0 Å². The van der Waals surface area contributed by atoms with E-state index in [1.165, 1.54) is 10.4 Å². The van der Waals surface area contributed by atoms with E-state index in [1.807, 2.05) is 49.5 Å². The van der Waals surface area contributed by atoms with Gasteiger partial charge in [0.1, 0.15) is 5.82 Å². The molecule has 5 rings (SSSR count). The lowest BCUT2D eigenvalue weighted by Crippen LogP contribution is -2.35. The van der Waals surface area contributed by atoms with Crippen molar-refractivity contribution in [2.45, 2.75) is 39.2 Å². The molecule has 41 heavy (non-hydrogen) atoms. The molecule has 1 unspecified atom stereocenters. The van der Waals surface area contributed by atoms with Crippen LogP contribution in [-0.2, 0) is 0 Å². The van der Waals surface area contributed by atoms with E-state index in [0.717, 1.165) is 32.4 Å². The average molecular weight is 575 g/mol. The number of hydrogen-bond acceptors (Lipinski definition) is 7. The summed E-state index contributed by atoms with van der Waals surface area (Å²) in [5, 5.41) is 10.9. The van der Waals surface area contributed by atoms with Crippen molar-refractivity contribution in [2.24, 2.45) is 10.9 Å². The van der Waals surface area contributed by atoms with Gasteiger partial charge in [0.15, 0.2) is 11.5 Å². The molecule has 2 N–H and O–H groups in total. The number of pyridine rings is 1. The summed E-state index contributed by atoms with van der Waals surface area (Å²) in [7, 11) is 1.93. The molecule has 2 amide bonds. The first-order valence-corrected chi connectivity index (χ1v) is 14.3. The van der Waals surface area contributed by atoms with Crippen LogP contribution in [0.5, 0.6) is 0 Å². The molecule has 2 aromatic heterocycles. The monoisotopic (exact) mass is 574 g/mol. The number of carbonyl (C=O) groups is 2. The van der Waals surface area contributed by atoms with Gasteiger partial charge in [-0.15, -0.1) is 0 Å². The second-order valence-corrected chi connectivity index (χ2v) is 10.9. The number of hydrogen-bond donors (Lipinski definition) is 2. The molecule has 0 spiro atoms. The summed E-state index contributed by atoms with van der Waals surface area (Å²) in [4.78, 5) is 39.4. The first-order valence-electron chi connectivity index (χ1n) is 13.9. The number of anilines is 2. The van der Waals surface area contributed by atoms with Gasteiger partial charge in [0.05, 0.1) is 16.9 Å². The second-order valence-electron chi connectivity index (χ2n) is 10.5. The molecule has 0 aliphatic carbocycles. The van der Waals surface area contributed by atoms with Crippen LogP contribution in [-0.4, -0.2) is 70.5 Å². The van der Waals surface area contributed by atoms with Gasteiger partial charge >= 0.3 is 0 Å². The van der Waals surface area contributed by atoms with Crippen molar-refractivity contribution in [3.63, 3.8) is 0 Å². The Balaban J connectivity index is 1.27. The van der Waals surface area contributed by atoms with E-state index >= 15 is 0 Å². The Morgan fingerprint density at radius 1 is 1.07 bits per heavy atom. The number of nitrogens with one attached hydrogen (secondary N) is 2. The molecule has 10 nitrogen and oxygen atoms in total. The Kier molecular flexibility index (Phi) is 8.68. The van der Waals surface area contributed by atoms with Crippen LogP contribution in [0.3, 0.4) is 0 Å². The van der Waals surface area contributed by atoms with E-state index in [0.29, 0.717) is 40.3 Å². The number of piperidine rings is 1. The molecule has 4 heterocycles. The van der Waals surface area contributed by atoms with E-state index in [-0.39, 0.29) is 17.6 Å². The number of benzene rings is 1. The molecule has 214 valence electrons. The molecular formula is C30H35ClN8O2. The van der Waals surface area contributed by atoms with Crippen molar-refractivity contribution >= 4 is 47.1 Å². The van der Waals surface area contributed by atoms with Gasteiger partial charge in [0, 0.05) is 56.4 Å². The lowest BCUT2D eigenvalue weighted by Gasteiger charge is -2.33. The summed E-state index contributed by atoms with van der Waals surface area (Å²) < 4.78 is 1.52. The Hall–Kier alpha value is -4.18. The molecular weight excluding hydrogens is 540 g/mol. The first-order chi connectivity index (χ1) is 19.8. The summed E-state index contributed by atoms with van der Waals surface area (Å²) in [6.45, 7) is 6.33. The normalized spacial score (nSPS) is 17.4. The molecule has 1 aromatic carbocycles. The number of aliphatic imine (C=N–C) groups is 1. The Bertz CT molecular complexity index is 1460. The van der Waals surface area contributed by atoms with E-state index < -0.39 is 5.91 Å². The third-order valence-corrected chi connectivity index (χ3v) is 8.12. The summed E-state index contributed by atoms with van der Waals surface area (Å²) in [6, 6.07) is 11.0. The van der Waals surface area contributed by atoms with Crippen LogP contribution < -0.4 is 15.5 Å². The van der Waals surface area contributed by atoms with Gasteiger partial charge in [-0.25, -0.2) is 4.99 Å². The topological polar surface area (TPSA) is 108 Å². The minimum absolute atomic E-state index is 0.0568. The lowest BCUT2D eigenvalue weighted by molar-refractivity contribution is 0.0943. The van der Waals surface area contributed by atoms with Gasteiger partial charge < -0.3 is 20.4 Å². The molecule has 1 atom stereocenters. The third kappa shape index (κ3) is 6.43. The molecule has 2 aliphatic rings. The largest absolute Gasteiger partial charge is 0.371 e. The second kappa shape index (κ2) is 12.6. The van der Waals surface area contributed by atoms with E-state index in [1.54, 1.807) is 37.5 Å². The van der Waals surface area contributed by atoms with Gasteiger partial charge in [0.25, 0.3) is 11.8 Å². The van der Waals surface area contributed by atoms with Gasteiger partial charge in [-0.1, -0.05) is 23.7 Å². The molecule has 0 radical (unpaired) electrons. The van der Waals surface area contributed by atoms with Crippen LogP contribution >= 0.6 is 11.6 Å². The Morgan fingerprint density at radius 2 is 1.80 bits per heavy atom. The number of halogens is 1.